The van der Waals surface area contributed by atoms with Crippen molar-refractivity contribution in [3.63, 3.8) is 0 Å². The summed E-state index contributed by atoms with van der Waals surface area (Å²) in [7, 11) is 2.84. The predicted octanol–water partition coefficient (Wildman–Crippen LogP) is 3.26. The maximum absolute atomic E-state index is 13.3. The molecule has 32 heavy (non-hydrogen) atoms. The fourth-order valence-corrected chi connectivity index (χ4v) is 3.31. The zero-order chi connectivity index (χ0) is 23.6. The number of benzene rings is 2. The van der Waals surface area contributed by atoms with Crippen molar-refractivity contribution < 1.29 is 22.6 Å². The van der Waals surface area contributed by atoms with E-state index in [9.17, 15) is 28.0 Å². The van der Waals surface area contributed by atoms with Gasteiger partial charge in [0, 0.05) is 12.3 Å². The van der Waals surface area contributed by atoms with Crippen molar-refractivity contribution >= 4 is 0 Å². The van der Waals surface area contributed by atoms with Gasteiger partial charge >= 0.3 is 11.9 Å². The molecule has 7 nitrogen and oxygen atoms in total. The van der Waals surface area contributed by atoms with E-state index in [1.165, 1.54) is 45.4 Å². The Hall–Kier alpha value is -4.00. The largest absolute Gasteiger partial charge is 0.493 e. The monoisotopic (exact) mass is 445 g/mol. The summed E-state index contributed by atoms with van der Waals surface area (Å²) in [6.07, 6.45) is -3.50. The number of aromatic nitrogens is 2. The fraction of sp³-hybridized carbons (Fsp3) is 0.227. The van der Waals surface area contributed by atoms with Crippen molar-refractivity contribution in [2.24, 2.45) is 0 Å². The number of halogens is 3. The molecule has 0 fully saturated rings. The lowest BCUT2D eigenvalue weighted by molar-refractivity contribution is -0.138. The molecule has 2 aromatic carbocycles. The van der Waals surface area contributed by atoms with Crippen molar-refractivity contribution in [1.29, 1.82) is 5.26 Å². The average Bonchev–Trinajstić information content (AvgIpc) is 2.76. The lowest BCUT2D eigenvalue weighted by Gasteiger charge is -2.16. The van der Waals surface area contributed by atoms with Crippen LogP contribution in [0.15, 0.2) is 52.2 Å². The molecule has 3 rings (SSSR count). The molecular weight excluding hydrogens is 427 g/mol. The number of nitrogens with zero attached hydrogens (tertiary/aromatic N) is 3. The highest BCUT2D eigenvalue weighted by atomic mass is 19.4. The summed E-state index contributed by atoms with van der Waals surface area (Å²) < 4.78 is 52.0. The lowest BCUT2D eigenvalue weighted by atomic mass is 10.0. The van der Waals surface area contributed by atoms with Crippen molar-refractivity contribution in [2.45, 2.75) is 19.6 Å². The molecule has 0 aliphatic rings. The highest BCUT2D eigenvalue weighted by Gasteiger charge is 2.33. The number of alkyl halides is 3. The Bertz CT molecular complexity index is 1330. The summed E-state index contributed by atoms with van der Waals surface area (Å²) >= 11 is 0. The molecule has 0 saturated carbocycles. The minimum atomic E-state index is -4.58. The van der Waals surface area contributed by atoms with E-state index in [2.05, 4.69) is 0 Å². The van der Waals surface area contributed by atoms with E-state index in [1.807, 2.05) is 0 Å². The molecule has 0 saturated heterocycles. The number of rotatable bonds is 5. The van der Waals surface area contributed by atoms with Gasteiger partial charge in [0.2, 0.25) is 0 Å². The van der Waals surface area contributed by atoms with E-state index in [4.69, 9.17) is 9.47 Å². The normalized spacial score (nSPS) is 11.2. The Morgan fingerprint density at radius 1 is 1.06 bits per heavy atom. The van der Waals surface area contributed by atoms with E-state index in [1.54, 1.807) is 12.1 Å². The maximum Gasteiger partial charge on any atom is 0.416 e. The summed E-state index contributed by atoms with van der Waals surface area (Å²) in [4.78, 5) is 25.8. The van der Waals surface area contributed by atoms with Crippen LogP contribution in [0.3, 0.4) is 0 Å². The van der Waals surface area contributed by atoms with Crippen LogP contribution >= 0.6 is 0 Å². The zero-order valence-electron chi connectivity index (χ0n) is 17.4. The molecule has 0 unspecified atom stereocenters. The van der Waals surface area contributed by atoms with Crippen molar-refractivity contribution in [2.75, 3.05) is 14.2 Å². The van der Waals surface area contributed by atoms with Crippen LogP contribution in [0, 0.1) is 18.3 Å². The van der Waals surface area contributed by atoms with Crippen LogP contribution in [0.4, 0.5) is 13.2 Å². The van der Waals surface area contributed by atoms with Crippen molar-refractivity contribution in [3.05, 3.63) is 85.7 Å². The van der Waals surface area contributed by atoms with E-state index in [-0.39, 0.29) is 22.4 Å². The molecule has 0 atom stereocenters. The molecule has 1 heterocycles. The summed E-state index contributed by atoms with van der Waals surface area (Å²) in [6, 6.07) is 9.80. The van der Waals surface area contributed by atoms with Gasteiger partial charge in [-0.2, -0.15) is 18.4 Å². The zero-order valence-corrected chi connectivity index (χ0v) is 17.4. The molecule has 3 aromatic rings. The topological polar surface area (TPSA) is 86.3 Å². The van der Waals surface area contributed by atoms with E-state index < -0.39 is 29.5 Å². The van der Waals surface area contributed by atoms with Crippen molar-refractivity contribution in [3.8, 4) is 23.3 Å². The van der Waals surface area contributed by atoms with Crippen LogP contribution in [0.2, 0.25) is 0 Å². The summed E-state index contributed by atoms with van der Waals surface area (Å²) in [5, 5.41) is 9.39. The van der Waals surface area contributed by atoms with Gasteiger partial charge in [-0.15, -0.1) is 0 Å². The quantitative estimate of drug-likeness (QED) is 0.602. The number of hydrogen-bond donors (Lipinski definition) is 0. The molecule has 0 N–H and O–H groups in total. The molecule has 0 spiro atoms. The highest BCUT2D eigenvalue weighted by molar-refractivity contribution is 5.49. The van der Waals surface area contributed by atoms with Gasteiger partial charge in [-0.1, -0.05) is 12.1 Å². The second kappa shape index (κ2) is 8.63. The van der Waals surface area contributed by atoms with Gasteiger partial charge < -0.3 is 9.47 Å². The molecule has 0 radical (unpaired) electrons. The van der Waals surface area contributed by atoms with Gasteiger partial charge in [0.15, 0.2) is 11.5 Å². The molecule has 1 aromatic heterocycles. The fourth-order valence-electron chi connectivity index (χ4n) is 3.31. The molecule has 0 bridgehead atoms. The number of hydrogen-bond acceptors (Lipinski definition) is 5. The third kappa shape index (κ3) is 4.09. The Labute approximate surface area is 180 Å². The van der Waals surface area contributed by atoms with Gasteiger partial charge in [0.05, 0.1) is 32.0 Å². The third-order valence-electron chi connectivity index (χ3n) is 5.02. The molecule has 0 aliphatic heterocycles. The smallest absolute Gasteiger partial charge is 0.416 e. The third-order valence-corrected chi connectivity index (χ3v) is 5.02. The second-order valence-electron chi connectivity index (χ2n) is 6.83. The van der Waals surface area contributed by atoms with Crippen LogP contribution in [-0.4, -0.2) is 23.4 Å². The summed E-state index contributed by atoms with van der Waals surface area (Å²) in [6.45, 7) is 0.834. The van der Waals surface area contributed by atoms with Crippen LogP contribution in [0.1, 0.15) is 22.3 Å². The first-order valence-corrected chi connectivity index (χ1v) is 9.27. The maximum atomic E-state index is 13.3. The first-order chi connectivity index (χ1) is 15.1. The standard InChI is InChI=1S/C22H18F3N3O4/c1-13-14(5-4-6-17(13)22(23,24)25)11-28-20(29)15(10-26)12-27(21(28)30)16-7-8-18(31-2)19(9-16)32-3/h4-9,12H,11H2,1-3H3. The molecule has 166 valence electrons. The predicted molar refractivity (Wildman–Crippen MR) is 109 cm³/mol. The number of ether oxygens (including phenoxy) is 2. The Kier molecular flexibility index (Phi) is 6.11. The Morgan fingerprint density at radius 2 is 1.75 bits per heavy atom. The Balaban J connectivity index is 2.21. The summed E-state index contributed by atoms with van der Waals surface area (Å²) in [5.74, 6) is 0.708. The minimum Gasteiger partial charge on any atom is -0.493 e. The van der Waals surface area contributed by atoms with E-state index in [0.29, 0.717) is 11.5 Å². The lowest BCUT2D eigenvalue weighted by Crippen LogP contribution is -2.40. The van der Waals surface area contributed by atoms with Crippen LogP contribution in [-0.2, 0) is 12.7 Å². The number of nitriles is 1. The molecular formula is C22H18F3N3O4. The van der Waals surface area contributed by atoms with E-state index >= 15 is 0 Å². The van der Waals surface area contributed by atoms with Gasteiger partial charge in [0.1, 0.15) is 11.6 Å². The van der Waals surface area contributed by atoms with Gasteiger partial charge in [0.25, 0.3) is 5.56 Å². The average molecular weight is 445 g/mol. The Morgan fingerprint density at radius 3 is 2.34 bits per heavy atom. The van der Waals surface area contributed by atoms with Crippen LogP contribution in [0.25, 0.3) is 5.69 Å². The highest BCUT2D eigenvalue weighted by Crippen LogP contribution is 2.33. The first kappa shape index (κ1) is 22.7. The van der Waals surface area contributed by atoms with Crippen LogP contribution in [0.5, 0.6) is 11.5 Å². The van der Waals surface area contributed by atoms with E-state index in [0.717, 1.165) is 21.4 Å². The SMILES string of the molecule is COc1ccc(-n2cc(C#N)c(=O)n(Cc3cccc(C(F)(F)F)c3C)c2=O)cc1OC. The molecule has 0 amide bonds. The van der Waals surface area contributed by atoms with Crippen molar-refractivity contribution in [1.82, 2.24) is 9.13 Å². The molecule has 0 aliphatic carbocycles. The van der Waals surface area contributed by atoms with Crippen LogP contribution < -0.4 is 20.7 Å². The van der Waals surface area contributed by atoms with Gasteiger partial charge in [-0.3, -0.25) is 13.9 Å². The first-order valence-electron chi connectivity index (χ1n) is 9.27. The molecule has 10 heteroatoms. The second-order valence-corrected chi connectivity index (χ2v) is 6.83. The van der Waals surface area contributed by atoms with Gasteiger partial charge in [-0.25, -0.2) is 4.79 Å². The minimum absolute atomic E-state index is 0.105. The number of methoxy groups -OCH3 is 2. The summed E-state index contributed by atoms with van der Waals surface area (Å²) in [5.41, 5.74) is -2.62. The van der Waals surface area contributed by atoms with Gasteiger partial charge in [-0.05, 0) is 36.2 Å².